The summed E-state index contributed by atoms with van der Waals surface area (Å²) < 4.78 is 5.60. The Kier molecular flexibility index (Phi) is 8.46. The van der Waals surface area contributed by atoms with Crippen LogP contribution in [0.2, 0.25) is 0 Å². The summed E-state index contributed by atoms with van der Waals surface area (Å²) in [6.45, 7) is 4.67. The summed E-state index contributed by atoms with van der Waals surface area (Å²) in [5.41, 5.74) is 4.67. The molecule has 0 fully saturated rings. The Morgan fingerprint density at radius 2 is 1.61 bits per heavy atom. The maximum absolute atomic E-state index is 12.5. The molecule has 0 spiro atoms. The molecule has 0 saturated heterocycles. The van der Waals surface area contributed by atoms with E-state index in [1.165, 1.54) is 16.0 Å². The van der Waals surface area contributed by atoms with E-state index in [0.29, 0.717) is 19.4 Å². The lowest BCUT2D eigenvalue weighted by atomic mass is 9.98. The lowest BCUT2D eigenvalue weighted by Crippen LogP contribution is -2.38. The van der Waals surface area contributed by atoms with Gasteiger partial charge in [0.1, 0.15) is 6.61 Å². The number of nitrogens with one attached hydrogen (secondary N) is 1. The van der Waals surface area contributed by atoms with Crippen LogP contribution in [-0.4, -0.2) is 53.7 Å². The highest BCUT2D eigenvalue weighted by atomic mass is 16.5. The number of carbonyl (C=O) groups is 3. The van der Waals surface area contributed by atoms with Gasteiger partial charge in [0.15, 0.2) is 0 Å². The third kappa shape index (κ3) is 6.12. The number of hydrogen-bond acceptors (Lipinski definition) is 4. The summed E-state index contributed by atoms with van der Waals surface area (Å²) in [5.74, 6) is -1.03. The highest BCUT2D eigenvalue weighted by Crippen LogP contribution is 2.44. The molecule has 0 radical (unpaired) electrons. The summed E-state index contributed by atoms with van der Waals surface area (Å²) in [7, 11) is 0. The van der Waals surface area contributed by atoms with Gasteiger partial charge in [-0.1, -0.05) is 55.5 Å². The predicted octanol–water partition coefficient (Wildman–Crippen LogP) is 4.41. The molecule has 176 valence electrons. The molecule has 0 aliphatic heterocycles. The van der Waals surface area contributed by atoms with Crippen molar-refractivity contribution in [2.24, 2.45) is 0 Å². The van der Waals surface area contributed by atoms with Crippen molar-refractivity contribution in [3.63, 3.8) is 0 Å². The minimum Gasteiger partial charge on any atom is -0.481 e. The summed E-state index contributed by atoms with van der Waals surface area (Å²) in [6, 6.07) is 16.2. The van der Waals surface area contributed by atoms with E-state index >= 15 is 0 Å². The molecule has 0 heterocycles. The summed E-state index contributed by atoms with van der Waals surface area (Å²) in [4.78, 5) is 37.2. The first-order valence-corrected chi connectivity index (χ1v) is 11.6. The summed E-state index contributed by atoms with van der Waals surface area (Å²) in [6.07, 6.45) is 0.820. The average Bonchev–Trinajstić information content (AvgIpc) is 3.14. The molecule has 1 aliphatic rings. The minimum atomic E-state index is -0.926. The molecular weight excluding hydrogens is 420 g/mol. The molecule has 1 unspecified atom stereocenters. The van der Waals surface area contributed by atoms with E-state index in [0.717, 1.165) is 11.1 Å². The predicted molar refractivity (Wildman–Crippen MR) is 126 cm³/mol. The number of aliphatic carboxylic acids is 1. The highest BCUT2D eigenvalue weighted by Gasteiger charge is 2.29. The van der Waals surface area contributed by atoms with Crippen LogP contribution >= 0.6 is 0 Å². The number of nitrogens with zero attached hydrogens (tertiary/aromatic N) is 1. The van der Waals surface area contributed by atoms with E-state index in [4.69, 9.17) is 9.84 Å². The van der Waals surface area contributed by atoms with Gasteiger partial charge >= 0.3 is 12.1 Å². The number of hydrogen-bond donors (Lipinski definition) is 2. The number of alkyl carbamates (subject to hydrolysis) is 1. The number of fused-ring (bicyclic) bond motifs is 3. The van der Waals surface area contributed by atoms with Crippen LogP contribution in [0.1, 0.15) is 56.6 Å². The van der Waals surface area contributed by atoms with Gasteiger partial charge in [0.25, 0.3) is 0 Å². The SMILES string of the molecule is CCC(CCC(=O)N(CC)CCC(=O)O)NC(=O)OCC1c2ccccc2-c2ccccc21. The van der Waals surface area contributed by atoms with Crippen molar-refractivity contribution in [2.45, 2.75) is 51.5 Å². The fraction of sp³-hybridized carbons (Fsp3) is 0.423. The van der Waals surface area contributed by atoms with Gasteiger partial charge in [0.05, 0.1) is 6.42 Å². The molecule has 2 aromatic carbocycles. The largest absolute Gasteiger partial charge is 0.481 e. The van der Waals surface area contributed by atoms with E-state index in [2.05, 4.69) is 29.6 Å². The topological polar surface area (TPSA) is 95.9 Å². The Labute approximate surface area is 194 Å². The minimum absolute atomic E-state index is 0.00264. The highest BCUT2D eigenvalue weighted by molar-refractivity contribution is 5.79. The van der Waals surface area contributed by atoms with Crippen molar-refractivity contribution < 1.29 is 24.2 Å². The third-order valence-electron chi connectivity index (χ3n) is 6.20. The fourth-order valence-electron chi connectivity index (χ4n) is 4.33. The normalized spacial score (nSPS) is 13.0. The first-order chi connectivity index (χ1) is 15.9. The Morgan fingerprint density at radius 3 is 2.15 bits per heavy atom. The quantitative estimate of drug-likeness (QED) is 0.527. The van der Waals surface area contributed by atoms with E-state index in [9.17, 15) is 14.4 Å². The molecule has 1 atom stereocenters. The third-order valence-corrected chi connectivity index (χ3v) is 6.20. The van der Waals surface area contributed by atoms with Gasteiger partial charge in [-0.3, -0.25) is 9.59 Å². The van der Waals surface area contributed by atoms with Crippen molar-refractivity contribution in [2.75, 3.05) is 19.7 Å². The van der Waals surface area contributed by atoms with Gasteiger partial charge in [-0.25, -0.2) is 4.79 Å². The Balaban J connectivity index is 1.52. The molecule has 0 aromatic heterocycles. The van der Waals surface area contributed by atoms with Gasteiger partial charge in [-0.2, -0.15) is 0 Å². The molecule has 2 amide bonds. The number of carboxylic acids is 1. The van der Waals surface area contributed by atoms with Crippen molar-refractivity contribution in [3.8, 4) is 11.1 Å². The molecule has 1 aliphatic carbocycles. The molecule has 0 saturated carbocycles. The van der Waals surface area contributed by atoms with E-state index in [-0.39, 0.29) is 43.9 Å². The molecule has 7 heteroatoms. The van der Waals surface area contributed by atoms with Gasteiger partial charge in [0, 0.05) is 31.5 Å². The number of rotatable bonds is 11. The molecule has 3 rings (SSSR count). The van der Waals surface area contributed by atoms with Crippen LogP contribution in [0, 0.1) is 0 Å². The van der Waals surface area contributed by atoms with Gasteiger partial charge < -0.3 is 20.1 Å². The van der Waals surface area contributed by atoms with Crippen LogP contribution in [0.4, 0.5) is 4.79 Å². The number of carbonyl (C=O) groups excluding carboxylic acids is 2. The van der Waals surface area contributed by atoms with Crippen molar-refractivity contribution in [1.82, 2.24) is 10.2 Å². The number of carboxylic acid groups (broad SMARTS) is 1. The van der Waals surface area contributed by atoms with Crippen LogP contribution in [0.25, 0.3) is 11.1 Å². The van der Waals surface area contributed by atoms with Gasteiger partial charge in [-0.05, 0) is 42.0 Å². The monoisotopic (exact) mass is 452 g/mol. The Hall–Kier alpha value is -3.35. The van der Waals surface area contributed by atoms with Crippen LogP contribution in [0.5, 0.6) is 0 Å². The van der Waals surface area contributed by atoms with Crippen molar-refractivity contribution in [1.29, 1.82) is 0 Å². The number of amides is 2. The molecule has 33 heavy (non-hydrogen) atoms. The first kappa shape index (κ1) is 24.3. The zero-order valence-electron chi connectivity index (χ0n) is 19.3. The number of benzene rings is 2. The summed E-state index contributed by atoms with van der Waals surface area (Å²) >= 11 is 0. The first-order valence-electron chi connectivity index (χ1n) is 11.6. The Bertz CT molecular complexity index is 945. The zero-order valence-corrected chi connectivity index (χ0v) is 19.3. The van der Waals surface area contributed by atoms with E-state index in [1.807, 2.05) is 38.1 Å². The van der Waals surface area contributed by atoms with E-state index in [1.54, 1.807) is 0 Å². The maximum Gasteiger partial charge on any atom is 0.407 e. The average molecular weight is 453 g/mol. The smallest absolute Gasteiger partial charge is 0.407 e. The number of ether oxygens (including phenoxy) is 1. The van der Waals surface area contributed by atoms with Crippen LogP contribution in [0.3, 0.4) is 0 Å². The van der Waals surface area contributed by atoms with Gasteiger partial charge in [-0.15, -0.1) is 0 Å². The van der Waals surface area contributed by atoms with Crippen LogP contribution in [0.15, 0.2) is 48.5 Å². The van der Waals surface area contributed by atoms with Crippen LogP contribution < -0.4 is 5.32 Å². The molecule has 2 N–H and O–H groups in total. The van der Waals surface area contributed by atoms with Crippen molar-refractivity contribution >= 4 is 18.0 Å². The summed E-state index contributed by atoms with van der Waals surface area (Å²) in [5, 5.41) is 11.7. The van der Waals surface area contributed by atoms with E-state index < -0.39 is 12.1 Å². The van der Waals surface area contributed by atoms with Gasteiger partial charge in [0.2, 0.25) is 5.91 Å². The lowest BCUT2D eigenvalue weighted by molar-refractivity contribution is -0.138. The molecular formula is C26H32N2O5. The second-order valence-electron chi connectivity index (χ2n) is 8.23. The maximum atomic E-state index is 12.5. The fourth-order valence-corrected chi connectivity index (χ4v) is 4.33. The second kappa shape index (κ2) is 11.5. The lowest BCUT2D eigenvalue weighted by Gasteiger charge is -2.22. The molecule has 7 nitrogen and oxygen atoms in total. The molecule has 2 aromatic rings. The Morgan fingerprint density at radius 1 is 1.00 bits per heavy atom. The standard InChI is InChI=1S/C26H32N2O5/c1-3-18(13-14-24(29)28(4-2)16-15-25(30)31)27-26(32)33-17-23-21-11-7-5-9-19(21)20-10-6-8-12-22(20)23/h5-12,18,23H,3-4,13-17H2,1-2H3,(H,27,32)(H,30,31). The van der Waals surface area contributed by atoms with Crippen molar-refractivity contribution in [3.05, 3.63) is 59.7 Å². The molecule has 0 bridgehead atoms. The second-order valence-corrected chi connectivity index (χ2v) is 8.23. The van der Waals surface area contributed by atoms with Crippen LogP contribution in [-0.2, 0) is 14.3 Å². The zero-order chi connectivity index (χ0) is 23.8.